The number of hydrogen-bond acceptors (Lipinski definition) is 3. The number of ether oxygens (including phenoxy) is 1. The van der Waals surface area contributed by atoms with Crippen molar-refractivity contribution in [3.05, 3.63) is 12.7 Å². The van der Waals surface area contributed by atoms with Crippen LogP contribution in [-0.4, -0.2) is 50.7 Å². The molecule has 1 rings (SSSR count). The summed E-state index contributed by atoms with van der Waals surface area (Å²) in [5.74, 6) is 0.360. The number of methoxy groups -OCH3 is 1. The van der Waals surface area contributed by atoms with E-state index in [4.69, 9.17) is 4.74 Å². The molecule has 86 valence electrons. The fourth-order valence-corrected chi connectivity index (χ4v) is 1.77. The lowest BCUT2D eigenvalue weighted by molar-refractivity contribution is -0.135. The van der Waals surface area contributed by atoms with E-state index in [2.05, 4.69) is 11.9 Å². The molecule has 1 saturated heterocycles. The Bertz CT molecular complexity index is 213. The lowest BCUT2D eigenvalue weighted by Crippen LogP contribution is -2.39. The minimum atomic E-state index is 0.141. The Morgan fingerprint density at radius 3 is 3.07 bits per heavy atom. The molecule has 0 aromatic rings. The topological polar surface area (TPSA) is 41.6 Å². The van der Waals surface area contributed by atoms with Gasteiger partial charge in [0.25, 0.3) is 0 Å². The molecule has 0 bridgehead atoms. The molecule has 0 radical (unpaired) electrons. The van der Waals surface area contributed by atoms with Crippen LogP contribution in [0.25, 0.3) is 0 Å². The van der Waals surface area contributed by atoms with Gasteiger partial charge in [-0.15, -0.1) is 6.58 Å². The van der Waals surface area contributed by atoms with Crippen LogP contribution in [0.3, 0.4) is 0 Å². The van der Waals surface area contributed by atoms with Crippen molar-refractivity contribution in [3.8, 4) is 0 Å². The number of rotatable bonds is 6. The number of nitrogens with one attached hydrogen (secondary N) is 1. The van der Waals surface area contributed by atoms with E-state index in [9.17, 15) is 4.79 Å². The van der Waals surface area contributed by atoms with Gasteiger partial charge in [-0.1, -0.05) is 6.08 Å². The van der Waals surface area contributed by atoms with Crippen LogP contribution in [-0.2, 0) is 9.53 Å². The van der Waals surface area contributed by atoms with Gasteiger partial charge in [0.05, 0.1) is 12.5 Å². The summed E-state index contributed by atoms with van der Waals surface area (Å²) in [6.07, 6.45) is 2.70. The maximum atomic E-state index is 12.0. The highest BCUT2D eigenvalue weighted by Gasteiger charge is 2.26. The SMILES string of the molecule is C=CCN(CCOC)C(=O)C1CCNC1. The molecule has 0 spiro atoms. The highest BCUT2D eigenvalue weighted by Crippen LogP contribution is 2.11. The first-order valence-corrected chi connectivity index (χ1v) is 5.39. The Balaban J connectivity index is 2.45. The third-order valence-corrected chi connectivity index (χ3v) is 2.64. The summed E-state index contributed by atoms with van der Waals surface area (Å²) in [6, 6.07) is 0. The summed E-state index contributed by atoms with van der Waals surface area (Å²) in [6.45, 7) is 7.26. The second-order valence-corrected chi connectivity index (χ2v) is 3.76. The molecule has 1 aliphatic rings. The molecular formula is C11H20N2O2. The number of nitrogens with zero attached hydrogens (tertiary/aromatic N) is 1. The summed E-state index contributed by atoms with van der Waals surface area (Å²) in [4.78, 5) is 13.8. The molecule has 1 unspecified atom stereocenters. The second kappa shape index (κ2) is 6.58. The molecule has 4 heteroatoms. The molecule has 15 heavy (non-hydrogen) atoms. The normalized spacial score (nSPS) is 20.2. The molecule has 4 nitrogen and oxygen atoms in total. The summed E-state index contributed by atoms with van der Waals surface area (Å²) in [5.41, 5.74) is 0. The molecule has 0 aromatic heterocycles. The van der Waals surface area contributed by atoms with E-state index in [0.717, 1.165) is 19.5 Å². The zero-order valence-corrected chi connectivity index (χ0v) is 9.37. The molecule has 0 aromatic carbocycles. The average Bonchev–Trinajstić information content (AvgIpc) is 2.76. The van der Waals surface area contributed by atoms with Gasteiger partial charge in [-0.25, -0.2) is 0 Å². The molecular weight excluding hydrogens is 192 g/mol. The third kappa shape index (κ3) is 3.64. The summed E-state index contributed by atoms with van der Waals surface area (Å²) in [7, 11) is 1.65. The van der Waals surface area contributed by atoms with Gasteiger partial charge in [-0.05, 0) is 13.0 Å². The first kappa shape index (κ1) is 12.2. The minimum absolute atomic E-state index is 0.141. The highest BCUT2D eigenvalue weighted by molar-refractivity contribution is 5.79. The first-order valence-electron chi connectivity index (χ1n) is 5.39. The van der Waals surface area contributed by atoms with E-state index in [1.54, 1.807) is 13.2 Å². The van der Waals surface area contributed by atoms with Gasteiger partial charge >= 0.3 is 0 Å². The average molecular weight is 212 g/mol. The van der Waals surface area contributed by atoms with Crippen molar-refractivity contribution < 1.29 is 9.53 Å². The fraction of sp³-hybridized carbons (Fsp3) is 0.727. The summed E-state index contributed by atoms with van der Waals surface area (Å²) < 4.78 is 4.99. The van der Waals surface area contributed by atoms with E-state index in [1.807, 2.05) is 4.90 Å². The molecule has 1 atom stereocenters. The van der Waals surface area contributed by atoms with Gasteiger partial charge in [0, 0.05) is 26.7 Å². The molecule has 1 aliphatic heterocycles. The van der Waals surface area contributed by atoms with Crippen molar-refractivity contribution in [1.29, 1.82) is 0 Å². The van der Waals surface area contributed by atoms with E-state index in [1.165, 1.54) is 0 Å². The third-order valence-electron chi connectivity index (χ3n) is 2.64. The molecule has 1 fully saturated rings. The summed E-state index contributed by atoms with van der Waals surface area (Å²) >= 11 is 0. The van der Waals surface area contributed by atoms with Gasteiger partial charge in [0.15, 0.2) is 0 Å². The van der Waals surface area contributed by atoms with Crippen LogP contribution in [0.4, 0.5) is 0 Å². The van der Waals surface area contributed by atoms with Crippen LogP contribution in [0, 0.1) is 5.92 Å². The standard InChI is InChI=1S/C11H20N2O2/c1-3-6-13(7-8-15-2)11(14)10-4-5-12-9-10/h3,10,12H,1,4-9H2,2H3. The van der Waals surface area contributed by atoms with Crippen LogP contribution in [0.15, 0.2) is 12.7 Å². The first-order chi connectivity index (χ1) is 7.29. The molecule has 0 saturated carbocycles. The summed E-state index contributed by atoms with van der Waals surface area (Å²) in [5, 5.41) is 3.20. The number of carbonyl (C=O) groups excluding carboxylic acids is 1. The quantitative estimate of drug-likeness (QED) is 0.642. The van der Waals surface area contributed by atoms with Crippen LogP contribution in [0.2, 0.25) is 0 Å². The van der Waals surface area contributed by atoms with Crippen molar-refractivity contribution >= 4 is 5.91 Å². The maximum Gasteiger partial charge on any atom is 0.227 e. The molecule has 1 heterocycles. The van der Waals surface area contributed by atoms with Gasteiger partial charge in [-0.3, -0.25) is 4.79 Å². The molecule has 0 aliphatic carbocycles. The predicted octanol–water partition coefficient (Wildman–Crippen LogP) is 0.257. The van der Waals surface area contributed by atoms with Crippen molar-refractivity contribution in [2.45, 2.75) is 6.42 Å². The second-order valence-electron chi connectivity index (χ2n) is 3.76. The van der Waals surface area contributed by atoms with Gasteiger partial charge in [-0.2, -0.15) is 0 Å². The monoisotopic (exact) mass is 212 g/mol. The van der Waals surface area contributed by atoms with Crippen molar-refractivity contribution in [3.63, 3.8) is 0 Å². The van der Waals surface area contributed by atoms with Crippen LogP contribution in [0.5, 0.6) is 0 Å². The van der Waals surface area contributed by atoms with Gasteiger partial charge in [0.1, 0.15) is 0 Å². The lowest BCUT2D eigenvalue weighted by atomic mass is 10.1. The zero-order valence-electron chi connectivity index (χ0n) is 9.37. The van der Waals surface area contributed by atoms with Crippen LogP contribution < -0.4 is 5.32 Å². The fourth-order valence-electron chi connectivity index (χ4n) is 1.77. The minimum Gasteiger partial charge on any atom is -0.383 e. The highest BCUT2D eigenvalue weighted by atomic mass is 16.5. The zero-order chi connectivity index (χ0) is 11.1. The van der Waals surface area contributed by atoms with Crippen LogP contribution in [0.1, 0.15) is 6.42 Å². The Morgan fingerprint density at radius 2 is 2.53 bits per heavy atom. The number of amides is 1. The van der Waals surface area contributed by atoms with E-state index >= 15 is 0 Å². The number of hydrogen-bond donors (Lipinski definition) is 1. The Kier molecular flexibility index (Phi) is 5.36. The maximum absolute atomic E-state index is 12.0. The van der Waals surface area contributed by atoms with Crippen LogP contribution >= 0.6 is 0 Å². The lowest BCUT2D eigenvalue weighted by Gasteiger charge is -2.23. The molecule has 1 amide bonds. The van der Waals surface area contributed by atoms with Gasteiger partial charge < -0.3 is 15.0 Å². The predicted molar refractivity (Wildman–Crippen MR) is 59.6 cm³/mol. The number of carbonyl (C=O) groups is 1. The Morgan fingerprint density at radius 1 is 1.73 bits per heavy atom. The smallest absolute Gasteiger partial charge is 0.227 e. The van der Waals surface area contributed by atoms with E-state index in [0.29, 0.717) is 19.7 Å². The molecule has 1 N–H and O–H groups in total. The van der Waals surface area contributed by atoms with Crippen molar-refractivity contribution in [2.75, 3.05) is 39.9 Å². The van der Waals surface area contributed by atoms with Gasteiger partial charge in [0.2, 0.25) is 5.91 Å². The van der Waals surface area contributed by atoms with E-state index in [-0.39, 0.29) is 11.8 Å². The Hall–Kier alpha value is -0.870. The largest absolute Gasteiger partial charge is 0.383 e. The van der Waals surface area contributed by atoms with Crippen molar-refractivity contribution in [1.82, 2.24) is 10.2 Å². The Labute approximate surface area is 91.3 Å². The van der Waals surface area contributed by atoms with E-state index < -0.39 is 0 Å². The van der Waals surface area contributed by atoms with Crippen molar-refractivity contribution in [2.24, 2.45) is 5.92 Å².